The van der Waals surface area contributed by atoms with Crippen LogP contribution in [0.1, 0.15) is 0 Å². The van der Waals surface area contributed by atoms with Crippen LogP contribution in [-0.4, -0.2) is 35.0 Å². The predicted molar refractivity (Wildman–Crippen MR) is 28.4 cm³/mol. The third kappa shape index (κ3) is 3270. The zero-order chi connectivity index (χ0) is 9.00. The van der Waals surface area contributed by atoms with Crippen LogP contribution in [0.5, 0.6) is 0 Å². The van der Waals surface area contributed by atoms with Crippen molar-refractivity contribution < 1.29 is 57.4 Å². The summed E-state index contributed by atoms with van der Waals surface area (Å²) in [5.74, 6) is 0. The summed E-state index contributed by atoms with van der Waals surface area (Å²) < 4.78 is 63.2. The second-order valence-corrected chi connectivity index (χ2v) is 2.69. The molecule has 0 fully saturated rings. The van der Waals surface area contributed by atoms with E-state index in [9.17, 15) is 0 Å². The monoisotopic (exact) mass is 303 g/mol. The molecule has 0 amide bonds. The summed E-state index contributed by atoms with van der Waals surface area (Å²) in [6, 6.07) is 0. The van der Waals surface area contributed by atoms with Crippen molar-refractivity contribution >= 4 is 20.8 Å². The third-order valence-corrected chi connectivity index (χ3v) is 0. The molecule has 0 aliphatic rings. The van der Waals surface area contributed by atoms with Crippen LogP contribution in [0.25, 0.3) is 0 Å². The van der Waals surface area contributed by atoms with Crippen LogP contribution in [0.15, 0.2) is 0 Å². The fourth-order valence-electron chi connectivity index (χ4n) is 0. The van der Waals surface area contributed by atoms with Gasteiger partial charge in [0.1, 0.15) is 0 Å². The van der Waals surface area contributed by atoms with Gasteiger partial charge in [0.2, 0.25) is 0 Å². The number of hydrogen-bond donors (Lipinski definition) is 4. The van der Waals surface area contributed by atoms with E-state index in [4.69, 9.17) is 35.0 Å². The average Bonchev–Trinajstić information content (AvgIpc) is 1.12. The summed E-state index contributed by atoms with van der Waals surface area (Å²) in [5, 5.41) is 0. The molecule has 11 heteroatoms. The maximum Gasteiger partial charge on any atom is 0.394 e. The number of rotatable bonds is 0. The van der Waals surface area contributed by atoms with Crippen LogP contribution in [0, 0.1) is 0 Å². The summed E-state index contributed by atoms with van der Waals surface area (Å²) in [6.45, 7) is 0. The summed E-state index contributed by atoms with van der Waals surface area (Å²) in [6.07, 6.45) is 0. The minimum absolute atomic E-state index is 0. The first-order valence-corrected chi connectivity index (χ1v) is 4.19. The molecule has 0 aromatic rings. The Morgan fingerprint density at radius 3 is 0.636 bits per heavy atom. The molecule has 0 heterocycles. The van der Waals surface area contributed by atoms with Gasteiger partial charge in [-0.25, -0.2) is 0 Å². The van der Waals surface area contributed by atoms with Crippen LogP contribution in [0.4, 0.5) is 0 Å². The topological polar surface area (TPSA) is 149 Å². The molecule has 11 heavy (non-hydrogen) atoms. The fourth-order valence-corrected chi connectivity index (χ4v) is 0. The van der Waals surface area contributed by atoms with Crippen LogP contribution < -0.4 is 0 Å². The molecule has 8 nitrogen and oxygen atoms in total. The normalized spacial score (nSPS) is 10.5. The first-order valence-electron chi connectivity index (χ1n) is 1.40. The van der Waals surface area contributed by atoms with Crippen LogP contribution in [0.2, 0.25) is 0 Å². The summed E-state index contributed by atoms with van der Waals surface area (Å²) in [4.78, 5) is 0. The molecule has 0 aliphatic heterocycles. The third-order valence-electron chi connectivity index (χ3n) is 0. The van der Waals surface area contributed by atoms with Crippen molar-refractivity contribution in [3.05, 3.63) is 0 Å². The van der Waals surface area contributed by atoms with E-state index >= 15 is 0 Å². The molecule has 0 unspecified atom stereocenters. The van der Waals surface area contributed by atoms with Gasteiger partial charge < -0.3 is 0 Å². The molecule has 0 saturated heterocycles. The first kappa shape index (κ1) is 17.5. The average molecular weight is 304 g/mol. The molecule has 1 radical (unpaired) electrons. The van der Waals surface area contributed by atoms with E-state index in [1.807, 2.05) is 0 Å². The zero-order valence-electron chi connectivity index (χ0n) is 4.54. The van der Waals surface area contributed by atoms with Gasteiger partial charge in [-0.15, -0.1) is 0 Å². The molecular weight excluding hydrogens is 300 g/mol. The molecular formula is H4AgO8S2. The first-order chi connectivity index (χ1) is 4.00. The molecule has 75 valence electrons. The van der Waals surface area contributed by atoms with Crippen molar-refractivity contribution in [1.82, 2.24) is 0 Å². The van der Waals surface area contributed by atoms with E-state index in [0.717, 1.165) is 0 Å². The Bertz CT molecular complexity index is 208. The molecule has 0 bridgehead atoms. The summed E-state index contributed by atoms with van der Waals surface area (Å²) >= 11 is 0. The van der Waals surface area contributed by atoms with Crippen molar-refractivity contribution in [3.63, 3.8) is 0 Å². The van der Waals surface area contributed by atoms with Crippen LogP contribution in [0.3, 0.4) is 0 Å². The molecule has 0 atom stereocenters. The smallest absolute Gasteiger partial charge is 0.264 e. The van der Waals surface area contributed by atoms with Gasteiger partial charge in [0, 0.05) is 22.4 Å². The Hall–Kier alpha value is 0.480. The van der Waals surface area contributed by atoms with Crippen molar-refractivity contribution in [1.29, 1.82) is 0 Å². The second-order valence-electron chi connectivity index (χ2n) is 0.896. The predicted octanol–water partition coefficient (Wildman–Crippen LogP) is -1.31. The molecule has 4 N–H and O–H groups in total. The van der Waals surface area contributed by atoms with E-state index in [1.165, 1.54) is 0 Å². The van der Waals surface area contributed by atoms with E-state index in [1.54, 1.807) is 0 Å². The second kappa shape index (κ2) is 6.05. The van der Waals surface area contributed by atoms with Gasteiger partial charge in [-0.05, 0) is 0 Å². The Labute approximate surface area is 78.3 Å². The molecule has 0 aliphatic carbocycles. The van der Waals surface area contributed by atoms with Gasteiger partial charge in [-0.2, -0.15) is 16.8 Å². The largest absolute Gasteiger partial charge is 0.394 e. The minimum atomic E-state index is -4.67. The van der Waals surface area contributed by atoms with Gasteiger partial charge in [-0.1, -0.05) is 0 Å². The molecule has 0 aromatic carbocycles. The molecule has 0 aromatic heterocycles. The fraction of sp³-hybridized carbons (Fsp3) is 0. The van der Waals surface area contributed by atoms with E-state index in [0.29, 0.717) is 0 Å². The van der Waals surface area contributed by atoms with Gasteiger partial charge in [0.15, 0.2) is 0 Å². The van der Waals surface area contributed by atoms with Crippen molar-refractivity contribution in [2.75, 3.05) is 0 Å². The van der Waals surface area contributed by atoms with Gasteiger partial charge in [-0.3, -0.25) is 18.2 Å². The summed E-state index contributed by atoms with van der Waals surface area (Å²) in [7, 11) is -9.33. The Morgan fingerprint density at radius 1 is 0.636 bits per heavy atom. The maximum atomic E-state index is 8.74. The van der Waals surface area contributed by atoms with E-state index in [-0.39, 0.29) is 22.4 Å². The van der Waals surface area contributed by atoms with Crippen molar-refractivity contribution in [2.24, 2.45) is 0 Å². The minimum Gasteiger partial charge on any atom is -0.264 e. The van der Waals surface area contributed by atoms with E-state index < -0.39 is 20.8 Å². The standard InChI is InChI=1S/Ag.2H2O4S/c;2*1-5(2,3)4/h;2*(H2,1,2,3,4). The molecule has 0 spiro atoms. The zero-order valence-corrected chi connectivity index (χ0v) is 7.66. The van der Waals surface area contributed by atoms with Gasteiger partial charge in [0.05, 0.1) is 0 Å². The van der Waals surface area contributed by atoms with Crippen molar-refractivity contribution in [3.8, 4) is 0 Å². The summed E-state index contributed by atoms with van der Waals surface area (Å²) in [5.41, 5.74) is 0. The maximum absolute atomic E-state index is 8.74. The molecule has 0 saturated carbocycles. The molecule has 0 rings (SSSR count). The number of hydrogen-bond acceptors (Lipinski definition) is 4. The van der Waals surface area contributed by atoms with Gasteiger partial charge >= 0.3 is 20.8 Å². The van der Waals surface area contributed by atoms with Crippen LogP contribution >= 0.6 is 0 Å². The Balaban J connectivity index is -0.000000107. The SMILES string of the molecule is O=S(=O)(O)O.O=S(=O)(O)O.[Ag]. The van der Waals surface area contributed by atoms with E-state index in [2.05, 4.69) is 0 Å². The van der Waals surface area contributed by atoms with Crippen molar-refractivity contribution in [2.45, 2.75) is 0 Å². The quantitative estimate of drug-likeness (QED) is 0.318. The Morgan fingerprint density at radius 2 is 0.636 bits per heavy atom. The van der Waals surface area contributed by atoms with Gasteiger partial charge in [0.25, 0.3) is 0 Å². The van der Waals surface area contributed by atoms with Crippen LogP contribution in [-0.2, 0) is 43.2 Å². The Kier molecular flexibility index (Phi) is 9.64.